The van der Waals surface area contributed by atoms with Gasteiger partial charge in [0.05, 0.1) is 18.0 Å². The van der Waals surface area contributed by atoms with Gasteiger partial charge in [0.1, 0.15) is 5.75 Å². The van der Waals surface area contributed by atoms with E-state index in [4.69, 9.17) is 4.74 Å². The number of aromatic carboxylic acids is 1. The summed E-state index contributed by atoms with van der Waals surface area (Å²) in [5.41, 5.74) is 0.522. The van der Waals surface area contributed by atoms with E-state index in [1.54, 1.807) is 0 Å². The minimum absolute atomic E-state index is 0.0506. The van der Waals surface area contributed by atoms with Crippen LogP contribution in [-0.4, -0.2) is 32.8 Å². The lowest BCUT2D eigenvalue weighted by Crippen LogP contribution is -2.28. The zero-order valence-corrected chi connectivity index (χ0v) is 13.5. The summed E-state index contributed by atoms with van der Waals surface area (Å²) >= 11 is 0. The fourth-order valence-electron chi connectivity index (χ4n) is 2.11. The Labute approximate surface area is 135 Å². The Morgan fingerprint density at radius 3 is 2.39 bits per heavy atom. The van der Waals surface area contributed by atoms with E-state index in [1.807, 2.05) is 30.3 Å². The standard InChI is InChI=1S/C16H17NO5S/c1-17(11-12-6-4-3-5-7-12)23(20,21)13-8-9-15(22-2)14(10-13)16(18)19/h3-10H,11H2,1-2H3,(H,18,19)/p-1. The maximum atomic E-state index is 12.6. The summed E-state index contributed by atoms with van der Waals surface area (Å²) in [5, 5.41) is 11.1. The number of sulfonamides is 1. The van der Waals surface area contributed by atoms with Gasteiger partial charge in [0.2, 0.25) is 10.0 Å². The van der Waals surface area contributed by atoms with Crippen LogP contribution in [0.15, 0.2) is 53.4 Å². The van der Waals surface area contributed by atoms with Crippen LogP contribution in [0.25, 0.3) is 0 Å². The Morgan fingerprint density at radius 1 is 1.17 bits per heavy atom. The van der Waals surface area contributed by atoms with Crippen molar-refractivity contribution >= 4 is 16.0 Å². The third-order valence-corrected chi connectivity index (χ3v) is 5.15. The van der Waals surface area contributed by atoms with Gasteiger partial charge in [-0.1, -0.05) is 30.3 Å². The molecule has 0 N–H and O–H groups in total. The third-order valence-electron chi connectivity index (χ3n) is 3.35. The maximum Gasteiger partial charge on any atom is 0.243 e. The van der Waals surface area contributed by atoms with Gasteiger partial charge in [-0.25, -0.2) is 8.42 Å². The van der Waals surface area contributed by atoms with Crippen LogP contribution in [0, 0.1) is 0 Å². The summed E-state index contributed by atoms with van der Waals surface area (Å²) in [7, 11) is -1.09. The number of carboxylic acids is 1. The molecule has 0 aliphatic heterocycles. The summed E-state index contributed by atoms with van der Waals surface area (Å²) in [4.78, 5) is 11.0. The number of rotatable bonds is 6. The average Bonchev–Trinajstić information content (AvgIpc) is 2.54. The highest BCUT2D eigenvalue weighted by Gasteiger charge is 2.22. The number of hydrogen-bond donors (Lipinski definition) is 0. The van der Waals surface area contributed by atoms with Crippen molar-refractivity contribution in [1.29, 1.82) is 0 Å². The number of ether oxygens (including phenoxy) is 1. The molecule has 6 nitrogen and oxygen atoms in total. The number of hydrogen-bond acceptors (Lipinski definition) is 5. The van der Waals surface area contributed by atoms with Gasteiger partial charge < -0.3 is 14.6 Å². The molecule has 0 saturated carbocycles. The van der Waals surface area contributed by atoms with Gasteiger partial charge in [0.25, 0.3) is 0 Å². The van der Waals surface area contributed by atoms with Crippen molar-refractivity contribution in [3.05, 3.63) is 59.7 Å². The molecule has 0 aliphatic carbocycles. The van der Waals surface area contributed by atoms with E-state index in [9.17, 15) is 18.3 Å². The largest absolute Gasteiger partial charge is 0.545 e. The minimum atomic E-state index is -3.83. The Hall–Kier alpha value is -2.38. The Bertz CT molecular complexity index is 802. The fourth-order valence-corrected chi connectivity index (χ4v) is 3.30. The molecular formula is C16H16NO5S-. The van der Waals surface area contributed by atoms with Crippen molar-refractivity contribution in [3.63, 3.8) is 0 Å². The van der Waals surface area contributed by atoms with Crippen LogP contribution in [0.3, 0.4) is 0 Å². The molecule has 2 aromatic rings. The highest BCUT2D eigenvalue weighted by atomic mass is 32.2. The number of carboxylic acid groups (broad SMARTS) is 1. The summed E-state index contributed by atoms with van der Waals surface area (Å²) < 4.78 is 31.2. The highest BCUT2D eigenvalue weighted by Crippen LogP contribution is 2.24. The number of nitrogens with zero attached hydrogens (tertiary/aromatic N) is 1. The molecule has 0 aliphatic rings. The van der Waals surface area contributed by atoms with Gasteiger partial charge in [0, 0.05) is 19.2 Å². The molecule has 0 spiro atoms. The molecule has 0 bridgehead atoms. The molecule has 122 valence electrons. The first-order valence-electron chi connectivity index (χ1n) is 6.76. The molecule has 0 atom stereocenters. The number of benzene rings is 2. The molecular weight excluding hydrogens is 318 g/mol. The molecule has 0 aromatic heterocycles. The van der Waals surface area contributed by atoms with E-state index in [1.165, 1.54) is 26.3 Å². The van der Waals surface area contributed by atoms with E-state index in [2.05, 4.69) is 0 Å². The highest BCUT2D eigenvalue weighted by molar-refractivity contribution is 7.89. The third kappa shape index (κ3) is 3.69. The Morgan fingerprint density at radius 2 is 1.83 bits per heavy atom. The zero-order chi connectivity index (χ0) is 17.0. The second-order valence-electron chi connectivity index (χ2n) is 4.90. The first-order valence-corrected chi connectivity index (χ1v) is 8.20. The van der Waals surface area contributed by atoms with Crippen LogP contribution in [0.5, 0.6) is 5.75 Å². The molecule has 0 heterocycles. The maximum absolute atomic E-state index is 12.6. The summed E-state index contributed by atoms with van der Waals surface area (Å²) in [5.74, 6) is -1.45. The van der Waals surface area contributed by atoms with Gasteiger partial charge in [-0.05, 0) is 23.8 Å². The van der Waals surface area contributed by atoms with Gasteiger partial charge in [0.15, 0.2) is 0 Å². The van der Waals surface area contributed by atoms with Crippen LogP contribution < -0.4 is 9.84 Å². The topological polar surface area (TPSA) is 86.7 Å². The zero-order valence-electron chi connectivity index (χ0n) is 12.7. The molecule has 0 fully saturated rings. The predicted molar refractivity (Wildman–Crippen MR) is 82.4 cm³/mol. The van der Waals surface area contributed by atoms with Crippen molar-refractivity contribution in [2.75, 3.05) is 14.2 Å². The first kappa shape index (κ1) is 17.0. The molecule has 0 radical (unpaired) electrons. The van der Waals surface area contributed by atoms with E-state index >= 15 is 0 Å². The van der Waals surface area contributed by atoms with Crippen molar-refractivity contribution in [2.45, 2.75) is 11.4 Å². The predicted octanol–water partition coefficient (Wildman–Crippen LogP) is 0.879. The molecule has 0 unspecified atom stereocenters. The molecule has 2 aromatic carbocycles. The lowest BCUT2D eigenvalue weighted by Gasteiger charge is -2.19. The van der Waals surface area contributed by atoms with Crippen molar-refractivity contribution < 1.29 is 23.1 Å². The summed E-state index contributed by atoms with van der Waals surface area (Å²) in [6.07, 6.45) is 0. The average molecular weight is 334 g/mol. The molecule has 0 amide bonds. The lowest BCUT2D eigenvalue weighted by atomic mass is 10.2. The van der Waals surface area contributed by atoms with E-state index in [-0.39, 0.29) is 22.8 Å². The molecule has 7 heteroatoms. The lowest BCUT2D eigenvalue weighted by molar-refractivity contribution is -0.255. The summed E-state index contributed by atoms with van der Waals surface area (Å²) in [6, 6.07) is 12.8. The van der Waals surface area contributed by atoms with Crippen LogP contribution in [0.4, 0.5) is 0 Å². The smallest absolute Gasteiger partial charge is 0.243 e. The Balaban J connectivity index is 2.35. The van der Waals surface area contributed by atoms with Crippen molar-refractivity contribution in [3.8, 4) is 5.75 Å². The minimum Gasteiger partial charge on any atom is -0.545 e. The Kier molecular flexibility index (Phi) is 5.02. The van der Waals surface area contributed by atoms with Crippen LogP contribution in [0.1, 0.15) is 15.9 Å². The second kappa shape index (κ2) is 6.80. The van der Waals surface area contributed by atoms with Crippen molar-refractivity contribution in [1.82, 2.24) is 4.31 Å². The number of carbonyl (C=O) groups is 1. The quantitative estimate of drug-likeness (QED) is 0.783. The van der Waals surface area contributed by atoms with Gasteiger partial charge in [-0.15, -0.1) is 0 Å². The van der Waals surface area contributed by atoms with E-state index in [0.717, 1.165) is 15.9 Å². The molecule has 0 saturated heterocycles. The summed E-state index contributed by atoms with van der Waals surface area (Å²) in [6.45, 7) is 0.176. The normalized spacial score (nSPS) is 11.4. The first-order chi connectivity index (χ1) is 10.9. The monoisotopic (exact) mass is 334 g/mol. The van der Waals surface area contributed by atoms with Gasteiger partial charge in [-0.3, -0.25) is 0 Å². The van der Waals surface area contributed by atoms with E-state index < -0.39 is 16.0 Å². The number of methoxy groups -OCH3 is 1. The van der Waals surface area contributed by atoms with Gasteiger partial charge >= 0.3 is 0 Å². The van der Waals surface area contributed by atoms with Crippen LogP contribution in [0.2, 0.25) is 0 Å². The molecule has 23 heavy (non-hydrogen) atoms. The number of carbonyl (C=O) groups excluding carboxylic acids is 1. The second-order valence-corrected chi connectivity index (χ2v) is 6.94. The van der Waals surface area contributed by atoms with Crippen molar-refractivity contribution in [2.24, 2.45) is 0 Å². The molecule has 2 rings (SSSR count). The SMILES string of the molecule is COc1ccc(S(=O)(=O)N(C)Cc2ccccc2)cc1C(=O)[O-]. The fraction of sp³-hybridized carbons (Fsp3) is 0.188. The van der Waals surface area contributed by atoms with Crippen LogP contribution in [-0.2, 0) is 16.6 Å². The van der Waals surface area contributed by atoms with Crippen LogP contribution >= 0.6 is 0 Å². The van der Waals surface area contributed by atoms with E-state index in [0.29, 0.717) is 0 Å². The van der Waals surface area contributed by atoms with Gasteiger partial charge in [-0.2, -0.15) is 4.31 Å².